The summed E-state index contributed by atoms with van der Waals surface area (Å²) in [5, 5.41) is 8.75. The molecule has 0 unspecified atom stereocenters. The molecule has 0 aromatic heterocycles. The van der Waals surface area contributed by atoms with Gasteiger partial charge < -0.3 is 5.11 Å². The molecule has 0 saturated heterocycles. The zero-order valence-corrected chi connectivity index (χ0v) is 7.79. The normalized spacial score (nSPS) is 12.9. The third-order valence-electron chi connectivity index (χ3n) is 1.50. The Morgan fingerprint density at radius 2 is 1.91 bits per heavy atom. The molecule has 0 heterocycles. The Balaban J connectivity index is 2.51. The van der Waals surface area contributed by atoms with Crippen molar-refractivity contribution in [1.29, 1.82) is 0 Å². The molecule has 1 N–H and O–H groups in total. The zero-order chi connectivity index (χ0) is 8.10. The van der Waals surface area contributed by atoms with Crippen LogP contribution in [0.3, 0.4) is 0 Å². The average Bonchev–Trinajstić information content (AvgIpc) is 2.06. The van der Waals surface area contributed by atoms with E-state index >= 15 is 0 Å². The van der Waals surface area contributed by atoms with Crippen molar-refractivity contribution in [2.45, 2.75) is 11.2 Å². The fourth-order valence-electron chi connectivity index (χ4n) is 0.934. The van der Waals surface area contributed by atoms with Gasteiger partial charge in [0.1, 0.15) is 0 Å². The van der Waals surface area contributed by atoms with Crippen LogP contribution in [0.5, 0.6) is 0 Å². The first-order chi connectivity index (χ1) is 5.33. The Hall–Kier alpha value is -0.340. The van der Waals surface area contributed by atoms with E-state index in [1.54, 1.807) is 0 Å². The highest BCUT2D eigenvalue weighted by Gasteiger charge is 2.01. The van der Waals surface area contributed by atoms with Gasteiger partial charge in [0.2, 0.25) is 0 Å². The first-order valence-corrected chi connectivity index (χ1v) is 4.53. The van der Waals surface area contributed by atoms with Gasteiger partial charge in [-0.25, -0.2) is 0 Å². The summed E-state index contributed by atoms with van der Waals surface area (Å²) in [4.78, 5) is 0.185. The van der Waals surface area contributed by atoms with E-state index in [1.165, 1.54) is 5.56 Å². The lowest BCUT2D eigenvalue weighted by Crippen LogP contribution is -2.07. The molecule has 0 radical (unpaired) electrons. The molecule has 0 aliphatic rings. The van der Waals surface area contributed by atoms with Crippen molar-refractivity contribution in [3.05, 3.63) is 35.9 Å². The molecular weight excluding hydrogens is 204 g/mol. The number of halogens is 1. The van der Waals surface area contributed by atoms with E-state index in [9.17, 15) is 0 Å². The first-order valence-electron chi connectivity index (χ1n) is 3.62. The molecule has 1 nitrogen and oxygen atoms in total. The van der Waals surface area contributed by atoms with Gasteiger partial charge in [-0.15, -0.1) is 0 Å². The number of aliphatic hydroxyl groups is 1. The molecule has 1 aromatic carbocycles. The first kappa shape index (κ1) is 8.75. The third-order valence-corrected chi connectivity index (χ3v) is 2.11. The average molecular weight is 215 g/mol. The number of benzene rings is 1. The minimum atomic E-state index is 0.185. The van der Waals surface area contributed by atoms with Crippen molar-refractivity contribution in [3.8, 4) is 0 Å². The summed E-state index contributed by atoms with van der Waals surface area (Å²) in [7, 11) is 0. The van der Waals surface area contributed by atoms with Crippen molar-refractivity contribution in [1.82, 2.24) is 0 Å². The van der Waals surface area contributed by atoms with E-state index in [1.807, 2.05) is 18.2 Å². The lowest BCUT2D eigenvalue weighted by Gasteiger charge is -2.04. The molecule has 1 rings (SSSR count). The van der Waals surface area contributed by atoms with Gasteiger partial charge in [0.25, 0.3) is 0 Å². The molecular formula is C9H11BrO. The summed E-state index contributed by atoms with van der Waals surface area (Å²) >= 11 is 3.36. The molecule has 0 bridgehead atoms. The molecule has 11 heavy (non-hydrogen) atoms. The van der Waals surface area contributed by atoms with Gasteiger partial charge in [0.15, 0.2) is 0 Å². The number of alkyl halides is 1. The zero-order valence-electron chi connectivity index (χ0n) is 6.20. The highest BCUT2D eigenvalue weighted by Crippen LogP contribution is 2.08. The van der Waals surface area contributed by atoms with Crippen LogP contribution in [-0.4, -0.2) is 16.5 Å². The molecule has 1 atom stereocenters. The fourth-order valence-corrected chi connectivity index (χ4v) is 1.31. The minimum absolute atomic E-state index is 0.185. The van der Waals surface area contributed by atoms with Crippen molar-refractivity contribution in [2.24, 2.45) is 0 Å². The van der Waals surface area contributed by atoms with Gasteiger partial charge in [-0.05, 0) is 12.0 Å². The number of aliphatic hydroxyl groups excluding tert-OH is 1. The van der Waals surface area contributed by atoms with E-state index in [4.69, 9.17) is 5.11 Å². The van der Waals surface area contributed by atoms with Gasteiger partial charge in [-0.3, -0.25) is 0 Å². The fraction of sp³-hybridized carbons (Fsp3) is 0.333. The standard InChI is InChI=1S/C9H11BrO/c10-9(7-11)6-8-4-2-1-3-5-8/h1-5,9,11H,6-7H2/t9-/m0/s1. The maximum Gasteiger partial charge on any atom is 0.0559 e. The highest BCUT2D eigenvalue weighted by molar-refractivity contribution is 9.09. The number of rotatable bonds is 3. The van der Waals surface area contributed by atoms with Crippen molar-refractivity contribution < 1.29 is 5.11 Å². The second-order valence-corrected chi connectivity index (χ2v) is 3.76. The summed E-state index contributed by atoms with van der Waals surface area (Å²) in [6, 6.07) is 10.1. The van der Waals surface area contributed by atoms with Gasteiger partial charge in [-0.2, -0.15) is 0 Å². The van der Waals surface area contributed by atoms with Gasteiger partial charge in [-0.1, -0.05) is 46.3 Å². The highest BCUT2D eigenvalue weighted by atomic mass is 79.9. The van der Waals surface area contributed by atoms with Crippen LogP contribution in [-0.2, 0) is 6.42 Å². The summed E-state index contributed by atoms with van der Waals surface area (Å²) in [5.74, 6) is 0. The molecule has 2 heteroatoms. The maximum atomic E-state index is 8.75. The lowest BCUT2D eigenvalue weighted by atomic mass is 10.1. The smallest absolute Gasteiger partial charge is 0.0559 e. The maximum absolute atomic E-state index is 8.75. The molecule has 0 fully saturated rings. The molecule has 0 spiro atoms. The number of hydrogen-bond donors (Lipinski definition) is 1. The summed E-state index contributed by atoms with van der Waals surface area (Å²) in [5.41, 5.74) is 1.25. The van der Waals surface area contributed by atoms with E-state index in [2.05, 4.69) is 28.1 Å². The van der Waals surface area contributed by atoms with Crippen LogP contribution >= 0.6 is 15.9 Å². The summed E-state index contributed by atoms with van der Waals surface area (Å²) in [6.45, 7) is 0.189. The van der Waals surface area contributed by atoms with Gasteiger partial charge in [0.05, 0.1) is 6.61 Å². The van der Waals surface area contributed by atoms with Crippen LogP contribution in [0.2, 0.25) is 0 Å². The van der Waals surface area contributed by atoms with Crippen LogP contribution in [0.25, 0.3) is 0 Å². The molecule has 0 saturated carbocycles. The summed E-state index contributed by atoms with van der Waals surface area (Å²) < 4.78 is 0. The Labute approximate surface area is 75.2 Å². The van der Waals surface area contributed by atoms with Crippen LogP contribution in [0.15, 0.2) is 30.3 Å². The predicted molar refractivity (Wildman–Crippen MR) is 49.9 cm³/mol. The second-order valence-electron chi connectivity index (χ2n) is 2.47. The van der Waals surface area contributed by atoms with E-state index in [0.29, 0.717) is 0 Å². The minimum Gasteiger partial charge on any atom is -0.395 e. The lowest BCUT2D eigenvalue weighted by molar-refractivity contribution is 0.296. The van der Waals surface area contributed by atoms with Crippen LogP contribution in [0, 0.1) is 0 Å². The predicted octanol–water partition coefficient (Wildman–Crippen LogP) is 1.98. The molecule has 0 aliphatic carbocycles. The van der Waals surface area contributed by atoms with Crippen LogP contribution in [0.1, 0.15) is 5.56 Å². The molecule has 60 valence electrons. The van der Waals surface area contributed by atoms with Gasteiger partial charge in [0, 0.05) is 4.83 Å². The van der Waals surface area contributed by atoms with E-state index in [-0.39, 0.29) is 11.4 Å². The van der Waals surface area contributed by atoms with Crippen LogP contribution < -0.4 is 0 Å². The van der Waals surface area contributed by atoms with Crippen LogP contribution in [0.4, 0.5) is 0 Å². The van der Waals surface area contributed by atoms with Crippen molar-refractivity contribution in [2.75, 3.05) is 6.61 Å². The molecule has 1 aromatic rings. The Morgan fingerprint density at radius 1 is 1.27 bits per heavy atom. The van der Waals surface area contributed by atoms with Crippen molar-refractivity contribution in [3.63, 3.8) is 0 Å². The largest absolute Gasteiger partial charge is 0.395 e. The number of hydrogen-bond acceptors (Lipinski definition) is 1. The second kappa shape index (κ2) is 4.52. The van der Waals surface area contributed by atoms with Gasteiger partial charge >= 0.3 is 0 Å². The quantitative estimate of drug-likeness (QED) is 0.764. The van der Waals surface area contributed by atoms with Crippen molar-refractivity contribution >= 4 is 15.9 Å². The van der Waals surface area contributed by atoms with E-state index in [0.717, 1.165) is 6.42 Å². The Bertz CT molecular complexity index is 198. The third kappa shape index (κ3) is 3.04. The Morgan fingerprint density at radius 3 is 2.45 bits per heavy atom. The summed E-state index contributed by atoms with van der Waals surface area (Å²) in [6.07, 6.45) is 0.886. The topological polar surface area (TPSA) is 20.2 Å². The van der Waals surface area contributed by atoms with E-state index < -0.39 is 0 Å². The Kier molecular flexibility index (Phi) is 3.60. The molecule has 0 aliphatic heterocycles. The molecule has 0 amide bonds. The monoisotopic (exact) mass is 214 g/mol. The SMILES string of the molecule is OC[C@@H](Br)Cc1ccccc1.